The van der Waals surface area contributed by atoms with E-state index < -0.39 is 11.9 Å². The summed E-state index contributed by atoms with van der Waals surface area (Å²) < 4.78 is 38.4. The number of benzene rings is 2. The predicted molar refractivity (Wildman–Crippen MR) is 154 cm³/mol. The van der Waals surface area contributed by atoms with Crippen LogP contribution in [0, 0.1) is 11.6 Å². The number of carbonyl (C=O) groups excluding carboxylic acids is 2. The quantitative estimate of drug-likeness (QED) is 0.172. The molecule has 9 heteroatoms. The second kappa shape index (κ2) is 11.6. The van der Waals surface area contributed by atoms with Gasteiger partial charge in [-0.1, -0.05) is 24.3 Å². The van der Waals surface area contributed by atoms with Gasteiger partial charge in [0.1, 0.15) is 21.4 Å². The van der Waals surface area contributed by atoms with Crippen molar-refractivity contribution >= 4 is 45.9 Å². The molecule has 198 valence electrons. The van der Waals surface area contributed by atoms with Gasteiger partial charge in [-0.3, -0.25) is 0 Å². The molecule has 0 aliphatic carbocycles. The van der Waals surface area contributed by atoms with Crippen LogP contribution in [-0.4, -0.2) is 25.2 Å². The van der Waals surface area contributed by atoms with Gasteiger partial charge in [-0.15, -0.1) is 34.0 Å². The molecule has 0 bridgehead atoms. The van der Waals surface area contributed by atoms with E-state index in [1.54, 1.807) is 38.1 Å². The third-order valence-electron chi connectivity index (χ3n) is 5.74. The van der Waals surface area contributed by atoms with Crippen molar-refractivity contribution in [1.82, 2.24) is 0 Å². The third kappa shape index (κ3) is 5.71. The number of halogens is 2. The molecule has 3 heterocycles. The van der Waals surface area contributed by atoms with Crippen molar-refractivity contribution in [2.45, 2.75) is 13.8 Å². The molecule has 0 aliphatic rings. The van der Waals surface area contributed by atoms with Crippen LogP contribution in [0.4, 0.5) is 8.78 Å². The normalized spacial score (nSPS) is 11.0. The molecule has 2 aromatic carbocycles. The Morgan fingerprint density at radius 2 is 1.05 bits per heavy atom. The number of thiophene rings is 3. The summed E-state index contributed by atoms with van der Waals surface area (Å²) in [4.78, 5) is 29.6. The Balaban J connectivity index is 1.59. The Morgan fingerprint density at radius 1 is 0.615 bits per heavy atom. The number of hydrogen-bond donors (Lipinski definition) is 0. The molecule has 4 nitrogen and oxygen atoms in total. The van der Waals surface area contributed by atoms with Gasteiger partial charge < -0.3 is 9.47 Å². The second-order valence-electron chi connectivity index (χ2n) is 8.33. The zero-order valence-corrected chi connectivity index (χ0v) is 23.4. The number of ether oxygens (including phenoxy) is 2. The van der Waals surface area contributed by atoms with Gasteiger partial charge in [0, 0.05) is 30.6 Å². The average Bonchev–Trinajstić information content (AvgIpc) is 3.67. The Labute approximate surface area is 236 Å². The Kier molecular flexibility index (Phi) is 8.02. The smallest absolute Gasteiger partial charge is 0.348 e. The first-order valence-electron chi connectivity index (χ1n) is 12.1. The fourth-order valence-electron chi connectivity index (χ4n) is 4.04. The molecule has 0 fully saturated rings. The van der Waals surface area contributed by atoms with Crippen LogP contribution in [0.15, 0.2) is 72.8 Å². The Morgan fingerprint density at radius 3 is 1.44 bits per heavy atom. The van der Waals surface area contributed by atoms with E-state index in [4.69, 9.17) is 9.47 Å². The maximum atomic E-state index is 13.9. The molecular weight excluding hydrogens is 559 g/mol. The van der Waals surface area contributed by atoms with E-state index in [0.717, 1.165) is 19.5 Å². The van der Waals surface area contributed by atoms with Crippen molar-refractivity contribution in [2.75, 3.05) is 13.2 Å². The molecule has 0 saturated heterocycles. The Hall–Kier alpha value is -3.66. The van der Waals surface area contributed by atoms with Crippen molar-refractivity contribution in [3.05, 3.63) is 94.2 Å². The monoisotopic (exact) mass is 580 g/mol. The maximum Gasteiger partial charge on any atom is 0.348 e. The van der Waals surface area contributed by atoms with Crippen LogP contribution in [0.2, 0.25) is 0 Å². The average molecular weight is 581 g/mol. The zero-order chi connectivity index (χ0) is 27.5. The highest BCUT2D eigenvalue weighted by atomic mass is 32.1. The summed E-state index contributed by atoms with van der Waals surface area (Å²) in [5, 5.41) is 0. The topological polar surface area (TPSA) is 52.6 Å². The molecule has 39 heavy (non-hydrogen) atoms. The summed E-state index contributed by atoms with van der Waals surface area (Å²) in [5.41, 5.74) is 2.67. The fourth-order valence-corrected chi connectivity index (χ4v) is 7.35. The molecular formula is C30H22F2O4S3. The lowest BCUT2D eigenvalue weighted by atomic mass is 10.1. The molecule has 0 spiro atoms. The summed E-state index contributed by atoms with van der Waals surface area (Å²) in [6.45, 7) is 3.93. The molecule has 5 rings (SSSR count). The van der Waals surface area contributed by atoms with Gasteiger partial charge >= 0.3 is 11.9 Å². The van der Waals surface area contributed by atoms with E-state index in [-0.39, 0.29) is 24.8 Å². The van der Waals surface area contributed by atoms with Crippen LogP contribution in [-0.2, 0) is 9.47 Å². The molecule has 0 saturated carbocycles. The van der Waals surface area contributed by atoms with Gasteiger partial charge in [0.15, 0.2) is 0 Å². The highest BCUT2D eigenvalue weighted by Crippen LogP contribution is 2.45. The van der Waals surface area contributed by atoms with E-state index in [9.17, 15) is 18.4 Å². The zero-order valence-electron chi connectivity index (χ0n) is 21.0. The van der Waals surface area contributed by atoms with E-state index in [1.165, 1.54) is 58.3 Å². The number of hydrogen-bond acceptors (Lipinski definition) is 7. The molecule has 0 atom stereocenters. The Bertz CT molecular complexity index is 1540. The summed E-state index contributed by atoms with van der Waals surface area (Å²) in [6.07, 6.45) is 0. The number of rotatable bonds is 8. The SMILES string of the molecule is CCOC(=O)c1sc(-c2cccc(F)c2)cc1-c1ccc(-c2cc(-c3cccc(F)c3)sc2C(=O)OCC)s1. The van der Waals surface area contributed by atoms with Gasteiger partial charge in [-0.05, 0) is 73.5 Å². The minimum atomic E-state index is -0.453. The first-order chi connectivity index (χ1) is 18.9. The predicted octanol–water partition coefficient (Wildman–Crippen LogP) is 9.17. The standard InChI is InChI=1S/C30H22F2O4S3/c1-3-35-29(33)27-21(15-25(38-27)17-7-5-9-19(31)13-17)23-11-12-24(37-23)22-16-26(18-8-6-10-20(32)14-18)39-28(22)30(34)36-4-2/h5-16H,3-4H2,1-2H3. The van der Waals surface area contributed by atoms with Crippen LogP contribution >= 0.6 is 34.0 Å². The summed E-state index contributed by atoms with van der Waals surface area (Å²) in [6, 6.07) is 19.9. The van der Waals surface area contributed by atoms with Crippen LogP contribution in [0.25, 0.3) is 41.8 Å². The largest absolute Gasteiger partial charge is 0.462 e. The molecule has 5 aromatic rings. The van der Waals surface area contributed by atoms with Gasteiger partial charge in [0.2, 0.25) is 0 Å². The van der Waals surface area contributed by atoms with E-state index >= 15 is 0 Å². The van der Waals surface area contributed by atoms with E-state index in [2.05, 4.69) is 0 Å². The number of esters is 2. The maximum absolute atomic E-state index is 13.9. The van der Waals surface area contributed by atoms with E-state index in [1.807, 2.05) is 24.3 Å². The van der Waals surface area contributed by atoms with Crippen molar-refractivity contribution in [3.63, 3.8) is 0 Å². The molecule has 3 aromatic heterocycles. The van der Waals surface area contributed by atoms with Gasteiger partial charge in [0.25, 0.3) is 0 Å². The molecule has 0 amide bonds. The first kappa shape index (κ1) is 26.9. The third-order valence-corrected chi connectivity index (χ3v) is 9.22. The minimum absolute atomic E-state index is 0.224. The van der Waals surface area contributed by atoms with Crippen LogP contribution in [0.5, 0.6) is 0 Å². The van der Waals surface area contributed by atoms with E-state index in [0.29, 0.717) is 32.0 Å². The lowest BCUT2D eigenvalue weighted by molar-refractivity contribution is 0.0523. The summed E-state index contributed by atoms with van der Waals surface area (Å²) >= 11 is 3.90. The molecule has 0 unspecified atom stereocenters. The lowest BCUT2D eigenvalue weighted by Gasteiger charge is -2.02. The van der Waals surface area contributed by atoms with Gasteiger partial charge in [0.05, 0.1) is 13.2 Å². The van der Waals surface area contributed by atoms with Gasteiger partial charge in [-0.2, -0.15) is 0 Å². The lowest BCUT2D eigenvalue weighted by Crippen LogP contribution is -2.03. The van der Waals surface area contributed by atoms with Crippen molar-refractivity contribution in [3.8, 4) is 41.8 Å². The summed E-state index contributed by atoms with van der Waals surface area (Å²) in [7, 11) is 0. The molecule has 0 aliphatic heterocycles. The van der Waals surface area contributed by atoms with Crippen molar-refractivity contribution in [1.29, 1.82) is 0 Å². The molecule has 0 radical (unpaired) electrons. The fraction of sp³-hybridized carbons (Fsp3) is 0.133. The van der Waals surface area contributed by atoms with Crippen LogP contribution in [0.1, 0.15) is 33.2 Å². The highest BCUT2D eigenvalue weighted by molar-refractivity contribution is 7.22. The van der Waals surface area contributed by atoms with Crippen molar-refractivity contribution in [2.24, 2.45) is 0 Å². The summed E-state index contributed by atoms with van der Waals surface area (Å²) in [5.74, 6) is -1.63. The first-order valence-corrected chi connectivity index (χ1v) is 14.6. The second-order valence-corrected chi connectivity index (χ2v) is 11.5. The van der Waals surface area contributed by atoms with Crippen molar-refractivity contribution < 1.29 is 27.8 Å². The van der Waals surface area contributed by atoms with Crippen LogP contribution < -0.4 is 0 Å². The highest BCUT2D eigenvalue weighted by Gasteiger charge is 2.24. The van der Waals surface area contributed by atoms with Gasteiger partial charge in [-0.25, -0.2) is 18.4 Å². The minimum Gasteiger partial charge on any atom is -0.462 e. The number of carbonyl (C=O) groups is 2. The molecule has 0 N–H and O–H groups in total. The van der Waals surface area contributed by atoms with Crippen LogP contribution in [0.3, 0.4) is 0 Å².